The number of hydrogen-bond acceptors (Lipinski definition) is 4. The van der Waals surface area contributed by atoms with E-state index in [-0.39, 0.29) is 0 Å². The molecule has 4 heteroatoms. The summed E-state index contributed by atoms with van der Waals surface area (Å²) in [6.45, 7) is 0. The lowest BCUT2D eigenvalue weighted by Gasteiger charge is -2.11. The van der Waals surface area contributed by atoms with Crippen molar-refractivity contribution >= 4 is 63.8 Å². The maximum atomic E-state index is 5.20. The van der Waals surface area contributed by atoms with Crippen LogP contribution in [0.2, 0.25) is 0 Å². The molecule has 0 bridgehead atoms. The molecular formula is C45H27N3S. The van der Waals surface area contributed by atoms with E-state index in [0.29, 0.717) is 17.5 Å². The Kier molecular flexibility index (Phi) is 6.36. The molecule has 0 saturated heterocycles. The lowest BCUT2D eigenvalue weighted by molar-refractivity contribution is 1.08. The number of benzene rings is 8. The minimum Gasteiger partial charge on any atom is -0.208 e. The fourth-order valence-corrected chi connectivity index (χ4v) is 8.38. The molecule has 0 unspecified atom stereocenters. The smallest absolute Gasteiger partial charge is 0.164 e. The van der Waals surface area contributed by atoms with Crippen molar-refractivity contribution in [1.29, 1.82) is 0 Å². The van der Waals surface area contributed by atoms with Crippen LogP contribution in [-0.4, -0.2) is 15.0 Å². The Morgan fingerprint density at radius 3 is 1.82 bits per heavy atom. The van der Waals surface area contributed by atoms with Gasteiger partial charge in [0.25, 0.3) is 0 Å². The summed E-state index contributed by atoms with van der Waals surface area (Å²) in [5, 5.41) is 9.82. The predicted octanol–water partition coefficient (Wildman–Crippen LogP) is 12.4. The third-order valence-electron chi connectivity index (χ3n) is 9.50. The first-order chi connectivity index (χ1) is 24.3. The molecule has 2 aromatic heterocycles. The van der Waals surface area contributed by atoms with Crippen LogP contribution in [0.4, 0.5) is 0 Å². The second-order valence-electron chi connectivity index (χ2n) is 12.4. The first-order valence-corrected chi connectivity index (χ1v) is 17.3. The molecule has 0 fully saturated rings. The average Bonchev–Trinajstić information content (AvgIpc) is 3.57. The zero-order valence-corrected chi connectivity index (χ0v) is 27.2. The first-order valence-electron chi connectivity index (χ1n) is 16.4. The lowest BCUT2D eigenvalue weighted by atomic mass is 9.98. The molecule has 0 radical (unpaired) electrons. The summed E-state index contributed by atoms with van der Waals surface area (Å²) in [5.74, 6) is 1.98. The molecule has 10 rings (SSSR count). The molecule has 228 valence electrons. The minimum absolute atomic E-state index is 0.653. The quantitative estimate of drug-likeness (QED) is 0.180. The Bertz CT molecular complexity index is 2870. The first kappa shape index (κ1) is 27.8. The van der Waals surface area contributed by atoms with Crippen LogP contribution in [0.1, 0.15) is 0 Å². The Balaban J connectivity index is 1.21. The zero-order valence-electron chi connectivity index (χ0n) is 26.3. The SMILES string of the molecule is c1ccc(-c2ccc(-c3nc(-c4ccc5ccccc5c4)nc(-c4cccc5sc6c(ccc7ccc8ccccc8c76)c45)n3)cc2)cc1. The lowest BCUT2D eigenvalue weighted by Crippen LogP contribution is -2.00. The Hall–Kier alpha value is -6.23. The van der Waals surface area contributed by atoms with Gasteiger partial charge >= 0.3 is 0 Å². The normalized spacial score (nSPS) is 11.7. The third kappa shape index (κ3) is 4.68. The van der Waals surface area contributed by atoms with E-state index in [9.17, 15) is 0 Å². The van der Waals surface area contributed by atoms with Crippen molar-refractivity contribution in [2.45, 2.75) is 0 Å². The zero-order chi connectivity index (χ0) is 32.3. The topological polar surface area (TPSA) is 38.7 Å². The number of thiophene rings is 1. The highest BCUT2D eigenvalue weighted by atomic mass is 32.1. The molecule has 8 aromatic carbocycles. The van der Waals surface area contributed by atoms with Crippen LogP contribution in [-0.2, 0) is 0 Å². The van der Waals surface area contributed by atoms with Gasteiger partial charge in [0.05, 0.1) is 0 Å². The van der Waals surface area contributed by atoms with Crippen molar-refractivity contribution in [3.8, 4) is 45.3 Å². The molecule has 0 aliphatic rings. The van der Waals surface area contributed by atoms with Gasteiger partial charge in [-0.2, -0.15) is 0 Å². The van der Waals surface area contributed by atoms with Crippen LogP contribution >= 0.6 is 11.3 Å². The fraction of sp³-hybridized carbons (Fsp3) is 0. The monoisotopic (exact) mass is 641 g/mol. The van der Waals surface area contributed by atoms with Crippen molar-refractivity contribution in [1.82, 2.24) is 15.0 Å². The van der Waals surface area contributed by atoms with E-state index in [2.05, 4.69) is 158 Å². The van der Waals surface area contributed by atoms with Crippen LogP contribution in [0.5, 0.6) is 0 Å². The fourth-order valence-electron chi connectivity index (χ4n) is 7.08. The molecule has 49 heavy (non-hydrogen) atoms. The van der Waals surface area contributed by atoms with E-state index in [0.717, 1.165) is 27.6 Å². The summed E-state index contributed by atoms with van der Waals surface area (Å²) >= 11 is 1.85. The predicted molar refractivity (Wildman–Crippen MR) is 207 cm³/mol. The van der Waals surface area contributed by atoms with Gasteiger partial charge < -0.3 is 0 Å². The summed E-state index contributed by atoms with van der Waals surface area (Å²) < 4.78 is 2.51. The van der Waals surface area contributed by atoms with Crippen LogP contribution in [0.3, 0.4) is 0 Å². The average molecular weight is 642 g/mol. The van der Waals surface area contributed by atoms with Crippen molar-refractivity contribution in [2.24, 2.45) is 0 Å². The molecule has 0 aliphatic heterocycles. The van der Waals surface area contributed by atoms with Crippen molar-refractivity contribution in [2.75, 3.05) is 0 Å². The van der Waals surface area contributed by atoms with Gasteiger partial charge in [-0.25, -0.2) is 15.0 Å². The van der Waals surface area contributed by atoms with Crippen LogP contribution in [0.25, 0.3) is 97.8 Å². The largest absolute Gasteiger partial charge is 0.208 e. The van der Waals surface area contributed by atoms with Gasteiger partial charge in [0.15, 0.2) is 17.5 Å². The summed E-state index contributed by atoms with van der Waals surface area (Å²) in [6.07, 6.45) is 0. The van der Waals surface area contributed by atoms with Crippen molar-refractivity contribution in [3.63, 3.8) is 0 Å². The van der Waals surface area contributed by atoms with Crippen molar-refractivity contribution in [3.05, 3.63) is 164 Å². The van der Waals surface area contributed by atoms with Gasteiger partial charge in [0.1, 0.15) is 0 Å². The standard InChI is InChI=1S/C45H27N3S/c1-2-9-28(10-3-1)30-17-22-33(23-18-30)43-46-44(35-24-19-29-11-4-5-13-34(29)27-35)48-45(47-43)38-15-8-16-39-41(38)37-26-25-32-21-20-31-12-6-7-14-36(31)40(32)42(37)49-39/h1-27H. The van der Waals surface area contributed by atoms with Crippen LogP contribution in [0, 0.1) is 0 Å². The second kappa shape index (κ2) is 11.2. The molecule has 0 N–H and O–H groups in total. The Labute approximate surface area is 286 Å². The second-order valence-corrected chi connectivity index (χ2v) is 13.5. The Morgan fingerprint density at radius 1 is 0.347 bits per heavy atom. The van der Waals surface area contributed by atoms with E-state index >= 15 is 0 Å². The molecule has 0 amide bonds. The summed E-state index contributed by atoms with van der Waals surface area (Å²) in [6, 6.07) is 57.9. The highest BCUT2D eigenvalue weighted by Crippen LogP contribution is 2.44. The molecule has 0 aliphatic carbocycles. The number of nitrogens with zero attached hydrogens (tertiary/aromatic N) is 3. The van der Waals surface area contributed by atoms with E-state index in [1.807, 2.05) is 17.4 Å². The Morgan fingerprint density at radius 2 is 0.959 bits per heavy atom. The molecule has 3 nitrogen and oxygen atoms in total. The van der Waals surface area contributed by atoms with E-state index < -0.39 is 0 Å². The maximum Gasteiger partial charge on any atom is 0.164 e. The summed E-state index contributed by atoms with van der Waals surface area (Å²) in [4.78, 5) is 15.5. The minimum atomic E-state index is 0.653. The van der Waals surface area contributed by atoms with Gasteiger partial charge in [-0.05, 0) is 50.2 Å². The number of hydrogen-bond donors (Lipinski definition) is 0. The highest BCUT2D eigenvalue weighted by Gasteiger charge is 2.19. The van der Waals surface area contributed by atoms with Gasteiger partial charge in [-0.1, -0.05) is 152 Å². The third-order valence-corrected chi connectivity index (χ3v) is 10.7. The van der Waals surface area contributed by atoms with E-state index in [4.69, 9.17) is 15.0 Å². The van der Waals surface area contributed by atoms with Crippen LogP contribution < -0.4 is 0 Å². The van der Waals surface area contributed by atoms with E-state index in [1.165, 1.54) is 52.7 Å². The molecule has 2 heterocycles. The number of fused-ring (bicyclic) bond motifs is 8. The van der Waals surface area contributed by atoms with Crippen LogP contribution in [0.15, 0.2) is 164 Å². The summed E-state index contributed by atoms with van der Waals surface area (Å²) in [7, 11) is 0. The van der Waals surface area contributed by atoms with Crippen molar-refractivity contribution < 1.29 is 0 Å². The molecular weight excluding hydrogens is 615 g/mol. The van der Waals surface area contributed by atoms with Gasteiger partial charge in [0, 0.05) is 42.2 Å². The maximum absolute atomic E-state index is 5.20. The molecule has 0 spiro atoms. The number of aromatic nitrogens is 3. The van der Waals surface area contributed by atoms with E-state index in [1.54, 1.807) is 0 Å². The highest BCUT2D eigenvalue weighted by molar-refractivity contribution is 7.27. The van der Waals surface area contributed by atoms with Gasteiger partial charge in [0.2, 0.25) is 0 Å². The molecule has 0 saturated carbocycles. The molecule has 0 atom stereocenters. The van der Waals surface area contributed by atoms with Gasteiger partial charge in [-0.3, -0.25) is 0 Å². The summed E-state index contributed by atoms with van der Waals surface area (Å²) in [5.41, 5.74) is 5.26. The van der Waals surface area contributed by atoms with Gasteiger partial charge in [-0.15, -0.1) is 11.3 Å². The molecule has 10 aromatic rings. The number of rotatable bonds is 4.